The molecule has 112 valence electrons. The highest BCUT2D eigenvalue weighted by Gasteiger charge is 2.12. The second-order valence-electron chi connectivity index (χ2n) is 5.54. The van der Waals surface area contributed by atoms with E-state index in [4.69, 9.17) is 9.15 Å². The number of carbonyl (C=O) groups excluding carboxylic acids is 1. The first kappa shape index (κ1) is 14.3. The maximum atomic E-state index is 11.7. The lowest BCUT2D eigenvalue weighted by Gasteiger charge is -2.08. The van der Waals surface area contributed by atoms with Crippen LogP contribution in [0.4, 0.5) is 0 Å². The molecular weight excluding hydrogens is 282 g/mol. The maximum Gasteiger partial charge on any atom is 0.311 e. The third-order valence-electron chi connectivity index (χ3n) is 3.13. The quantitative estimate of drug-likeness (QED) is 0.421. The molecule has 1 aromatic rings. The van der Waals surface area contributed by atoms with E-state index in [1.165, 1.54) is 12.1 Å². The van der Waals surface area contributed by atoms with Crippen LogP contribution in [0.25, 0.3) is 22.6 Å². The molecule has 3 rings (SSSR count). The zero-order chi connectivity index (χ0) is 15.7. The molecule has 0 amide bonds. The lowest BCUT2D eigenvalue weighted by atomic mass is 10.1. The molecule has 2 aliphatic rings. The Kier molecular flexibility index (Phi) is 3.63. The van der Waals surface area contributed by atoms with E-state index < -0.39 is 0 Å². The van der Waals surface area contributed by atoms with Crippen molar-refractivity contribution >= 4 is 17.1 Å². The lowest BCUT2D eigenvalue weighted by Crippen LogP contribution is -2.10. The van der Waals surface area contributed by atoms with Crippen LogP contribution in [0, 0.1) is 5.92 Å². The molecule has 0 saturated heterocycles. The molecular formula is C17H15NO4. The molecule has 0 fully saturated rings. The van der Waals surface area contributed by atoms with Crippen LogP contribution in [0.1, 0.15) is 20.3 Å². The summed E-state index contributed by atoms with van der Waals surface area (Å²) in [5, 5.41) is 0. The Morgan fingerprint density at radius 1 is 1.23 bits per heavy atom. The average molecular weight is 297 g/mol. The third-order valence-corrected chi connectivity index (χ3v) is 3.13. The Bertz CT molecular complexity index is 866. The third kappa shape index (κ3) is 2.98. The molecule has 1 aromatic carbocycles. The van der Waals surface area contributed by atoms with Gasteiger partial charge in [-0.3, -0.25) is 9.59 Å². The minimum absolute atomic E-state index is 0.142. The van der Waals surface area contributed by atoms with Crippen LogP contribution in [0.2, 0.25) is 0 Å². The normalized spacial score (nSPS) is 11.2. The Labute approximate surface area is 126 Å². The summed E-state index contributed by atoms with van der Waals surface area (Å²) in [5.74, 6) is 0.760. The first-order chi connectivity index (χ1) is 10.5. The van der Waals surface area contributed by atoms with Gasteiger partial charge in [0, 0.05) is 18.6 Å². The highest BCUT2D eigenvalue weighted by Crippen LogP contribution is 2.26. The molecule has 22 heavy (non-hydrogen) atoms. The van der Waals surface area contributed by atoms with Crippen LogP contribution in [-0.4, -0.2) is 11.0 Å². The van der Waals surface area contributed by atoms with Crippen LogP contribution < -0.4 is 10.2 Å². The lowest BCUT2D eigenvalue weighted by molar-refractivity contribution is -0.135. The van der Waals surface area contributed by atoms with Crippen molar-refractivity contribution in [3.05, 3.63) is 46.6 Å². The molecule has 1 aliphatic heterocycles. The highest BCUT2D eigenvalue weighted by molar-refractivity contribution is 5.79. The Hall–Kier alpha value is -2.69. The number of benzene rings is 2. The van der Waals surface area contributed by atoms with Crippen molar-refractivity contribution in [1.82, 2.24) is 4.98 Å². The van der Waals surface area contributed by atoms with Gasteiger partial charge in [-0.1, -0.05) is 13.8 Å². The van der Waals surface area contributed by atoms with Gasteiger partial charge < -0.3 is 9.15 Å². The fraction of sp³-hybridized carbons (Fsp3) is 0.235. The van der Waals surface area contributed by atoms with Crippen molar-refractivity contribution < 1.29 is 13.9 Å². The largest absolute Gasteiger partial charge is 0.453 e. The Morgan fingerprint density at radius 2 is 2.05 bits per heavy atom. The SMILES string of the molecule is CC(C)CC(=O)Oc1ccc2nc3ccc(=O)cc-3oc2c1. The van der Waals surface area contributed by atoms with Gasteiger partial charge in [0.05, 0.1) is 0 Å². The summed E-state index contributed by atoms with van der Waals surface area (Å²) in [6.45, 7) is 3.90. The van der Waals surface area contributed by atoms with E-state index in [0.717, 1.165) is 0 Å². The molecule has 0 N–H and O–H groups in total. The van der Waals surface area contributed by atoms with Gasteiger partial charge in [0.25, 0.3) is 0 Å². The van der Waals surface area contributed by atoms with Gasteiger partial charge in [-0.2, -0.15) is 0 Å². The van der Waals surface area contributed by atoms with Gasteiger partial charge in [-0.25, -0.2) is 4.98 Å². The molecule has 0 saturated carbocycles. The molecule has 5 nitrogen and oxygen atoms in total. The number of hydrogen-bond acceptors (Lipinski definition) is 5. The first-order valence-electron chi connectivity index (χ1n) is 7.06. The summed E-state index contributed by atoms with van der Waals surface area (Å²) in [6.07, 6.45) is 0.352. The van der Waals surface area contributed by atoms with E-state index in [9.17, 15) is 9.59 Å². The van der Waals surface area contributed by atoms with Crippen molar-refractivity contribution in [1.29, 1.82) is 0 Å². The fourth-order valence-electron chi connectivity index (χ4n) is 2.16. The van der Waals surface area contributed by atoms with Gasteiger partial charge >= 0.3 is 5.97 Å². The summed E-state index contributed by atoms with van der Waals surface area (Å²) < 4.78 is 11.0. The van der Waals surface area contributed by atoms with Gasteiger partial charge in [0.2, 0.25) is 0 Å². The molecule has 0 unspecified atom stereocenters. The van der Waals surface area contributed by atoms with E-state index >= 15 is 0 Å². The van der Waals surface area contributed by atoms with E-state index in [1.807, 2.05) is 13.8 Å². The average Bonchev–Trinajstić information content (AvgIpc) is 2.44. The van der Waals surface area contributed by atoms with Crippen molar-refractivity contribution in [3.8, 4) is 17.2 Å². The van der Waals surface area contributed by atoms with Crippen LogP contribution >= 0.6 is 0 Å². The molecule has 0 bridgehead atoms. The van der Waals surface area contributed by atoms with Crippen molar-refractivity contribution in [3.63, 3.8) is 0 Å². The second kappa shape index (κ2) is 5.60. The van der Waals surface area contributed by atoms with Crippen LogP contribution in [0.3, 0.4) is 0 Å². The predicted octanol–water partition coefficient (Wildman–Crippen LogP) is 3.24. The highest BCUT2D eigenvalue weighted by atomic mass is 16.5. The smallest absolute Gasteiger partial charge is 0.311 e. The number of carbonyl (C=O) groups is 1. The number of fused-ring (bicyclic) bond motifs is 2. The van der Waals surface area contributed by atoms with Gasteiger partial charge in [0.15, 0.2) is 16.8 Å². The minimum Gasteiger partial charge on any atom is -0.453 e. The standard InChI is InChI=1S/C17H15NO4/c1-10(2)7-17(20)21-12-4-6-14-16(9-12)22-15-8-11(19)3-5-13(15)18-14/h3-6,8-10H,7H2,1-2H3. The fourth-order valence-corrected chi connectivity index (χ4v) is 2.16. The van der Waals surface area contributed by atoms with E-state index in [1.54, 1.807) is 24.3 Å². The molecule has 0 atom stereocenters. The van der Waals surface area contributed by atoms with E-state index in [0.29, 0.717) is 34.7 Å². The number of aromatic nitrogens is 1. The predicted molar refractivity (Wildman–Crippen MR) is 82.0 cm³/mol. The van der Waals surface area contributed by atoms with Crippen LogP contribution in [0.15, 0.2) is 45.6 Å². The summed E-state index contributed by atoms with van der Waals surface area (Å²) in [6, 6.07) is 9.46. The summed E-state index contributed by atoms with van der Waals surface area (Å²) in [7, 11) is 0. The molecule has 0 spiro atoms. The number of hydrogen-bond donors (Lipinski definition) is 0. The van der Waals surface area contributed by atoms with Crippen LogP contribution in [0.5, 0.6) is 5.75 Å². The Morgan fingerprint density at radius 3 is 2.82 bits per heavy atom. The van der Waals surface area contributed by atoms with Crippen molar-refractivity contribution in [2.75, 3.05) is 0 Å². The molecule has 5 heteroatoms. The van der Waals surface area contributed by atoms with Gasteiger partial charge in [-0.05, 0) is 30.2 Å². The minimum atomic E-state index is -0.287. The summed E-state index contributed by atoms with van der Waals surface area (Å²) in [5.41, 5.74) is 1.57. The van der Waals surface area contributed by atoms with Crippen LogP contribution in [-0.2, 0) is 4.79 Å². The molecule has 1 aliphatic carbocycles. The number of ether oxygens (including phenoxy) is 1. The second-order valence-corrected chi connectivity index (χ2v) is 5.54. The topological polar surface area (TPSA) is 69.4 Å². The molecule has 0 radical (unpaired) electrons. The van der Waals surface area contributed by atoms with Crippen molar-refractivity contribution in [2.45, 2.75) is 20.3 Å². The maximum absolute atomic E-state index is 11.7. The van der Waals surface area contributed by atoms with E-state index in [-0.39, 0.29) is 17.3 Å². The number of nitrogens with zero attached hydrogens (tertiary/aromatic N) is 1. The Balaban J connectivity index is 1.99. The molecule has 1 heterocycles. The summed E-state index contributed by atoms with van der Waals surface area (Å²) >= 11 is 0. The van der Waals surface area contributed by atoms with Crippen molar-refractivity contribution in [2.24, 2.45) is 5.92 Å². The zero-order valence-corrected chi connectivity index (χ0v) is 12.3. The van der Waals surface area contributed by atoms with E-state index in [2.05, 4.69) is 4.98 Å². The zero-order valence-electron chi connectivity index (χ0n) is 12.3. The number of esters is 1. The summed E-state index contributed by atoms with van der Waals surface area (Å²) in [4.78, 5) is 27.5. The van der Waals surface area contributed by atoms with Gasteiger partial charge in [-0.15, -0.1) is 0 Å². The first-order valence-corrected chi connectivity index (χ1v) is 7.06. The monoisotopic (exact) mass is 297 g/mol. The molecule has 0 aromatic heterocycles. The number of rotatable bonds is 3. The van der Waals surface area contributed by atoms with Gasteiger partial charge in [0.1, 0.15) is 17.0 Å².